The zero-order chi connectivity index (χ0) is 13.3. The van der Waals surface area contributed by atoms with Gasteiger partial charge in [0.1, 0.15) is 5.75 Å². The summed E-state index contributed by atoms with van der Waals surface area (Å²) in [6.45, 7) is 3.02. The maximum atomic E-state index is 12.2. The van der Waals surface area contributed by atoms with Gasteiger partial charge >= 0.3 is 0 Å². The Bertz CT molecular complexity index is 459. The van der Waals surface area contributed by atoms with Gasteiger partial charge in [0.15, 0.2) is 0 Å². The molecule has 98 valence electrons. The van der Waals surface area contributed by atoms with Gasteiger partial charge in [-0.3, -0.25) is 4.79 Å². The van der Waals surface area contributed by atoms with E-state index >= 15 is 0 Å². The topological polar surface area (TPSA) is 55.6 Å². The Morgan fingerprint density at radius 3 is 2.72 bits per heavy atom. The zero-order valence-electron chi connectivity index (χ0n) is 11.1. The first-order valence-corrected chi connectivity index (χ1v) is 6.22. The summed E-state index contributed by atoms with van der Waals surface area (Å²) in [7, 11) is 3.41. The van der Waals surface area contributed by atoms with Gasteiger partial charge in [-0.2, -0.15) is 0 Å². The normalized spacial score (nSPS) is 21.5. The molecule has 0 bridgehead atoms. The van der Waals surface area contributed by atoms with Crippen LogP contribution in [0.3, 0.4) is 0 Å². The summed E-state index contributed by atoms with van der Waals surface area (Å²) in [4.78, 5) is 14.0. The lowest BCUT2D eigenvalue weighted by molar-refractivity contribution is 0.0788. The molecule has 1 aromatic rings. The minimum absolute atomic E-state index is 0.0192. The van der Waals surface area contributed by atoms with Crippen molar-refractivity contribution >= 4 is 11.6 Å². The maximum Gasteiger partial charge on any atom is 0.255 e. The van der Waals surface area contributed by atoms with Crippen LogP contribution in [-0.2, 0) is 0 Å². The van der Waals surface area contributed by atoms with Gasteiger partial charge in [0, 0.05) is 25.3 Å². The number of ether oxygens (including phenoxy) is 1. The second-order valence-corrected chi connectivity index (χ2v) is 5.11. The number of benzene rings is 1. The third-order valence-corrected chi connectivity index (χ3v) is 3.62. The number of nitrogens with zero attached hydrogens (tertiary/aromatic N) is 1. The molecule has 0 saturated heterocycles. The van der Waals surface area contributed by atoms with Crippen LogP contribution in [0.4, 0.5) is 5.69 Å². The molecule has 18 heavy (non-hydrogen) atoms. The smallest absolute Gasteiger partial charge is 0.255 e. The minimum atomic E-state index is -0.0192. The first-order valence-electron chi connectivity index (χ1n) is 6.22. The van der Waals surface area contributed by atoms with Gasteiger partial charge in [-0.1, -0.05) is 6.92 Å². The lowest BCUT2D eigenvalue weighted by Gasteiger charge is -2.18. The number of carbonyl (C=O) groups excluding carboxylic acids is 1. The summed E-state index contributed by atoms with van der Waals surface area (Å²) in [6, 6.07) is 5.17. The average Bonchev–Trinajstić information content (AvgIpc) is 3.03. The van der Waals surface area contributed by atoms with E-state index in [9.17, 15) is 4.79 Å². The Morgan fingerprint density at radius 2 is 2.22 bits per heavy atom. The van der Waals surface area contributed by atoms with E-state index < -0.39 is 0 Å². The van der Waals surface area contributed by atoms with Gasteiger partial charge in [0.25, 0.3) is 5.91 Å². The monoisotopic (exact) mass is 248 g/mol. The third-order valence-electron chi connectivity index (χ3n) is 3.62. The summed E-state index contributed by atoms with van der Waals surface area (Å²) < 4.78 is 5.07. The standard InChI is InChI=1S/C14H20N2O2/c1-9-6-10(9)8-16(2)14(17)12-5-4-11(18-3)7-13(12)15/h4-5,7,9-10H,6,8,15H2,1-3H3. The van der Waals surface area contributed by atoms with Crippen molar-refractivity contribution in [1.29, 1.82) is 0 Å². The lowest BCUT2D eigenvalue weighted by atomic mass is 10.1. The van der Waals surface area contributed by atoms with E-state index in [2.05, 4.69) is 6.92 Å². The van der Waals surface area contributed by atoms with Crippen molar-refractivity contribution in [2.75, 3.05) is 26.4 Å². The van der Waals surface area contributed by atoms with Crippen LogP contribution in [0, 0.1) is 11.8 Å². The third kappa shape index (κ3) is 2.58. The SMILES string of the molecule is COc1ccc(C(=O)N(C)CC2CC2C)c(N)c1. The predicted molar refractivity (Wildman–Crippen MR) is 71.6 cm³/mol. The van der Waals surface area contributed by atoms with Crippen LogP contribution in [0.15, 0.2) is 18.2 Å². The van der Waals surface area contributed by atoms with Gasteiger partial charge in [-0.25, -0.2) is 0 Å². The number of nitrogens with two attached hydrogens (primary N) is 1. The van der Waals surface area contributed by atoms with E-state index in [0.29, 0.717) is 22.9 Å². The number of carbonyl (C=O) groups is 1. The van der Waals surface area contributed by atoms with Gasteiger partial charge in [-0.05, 0) is 30.4 Å². The molecule has 2 atom stereocenters. The molecule has 2 N–H and O–H groups in total. The molecule has 1 saturated carbocycles. The molecule has 0 spiro atoms. The first-order chi connectivity index (χ1) is 8.52. The summed E-state index contributed by atoms with van der Waals surface area (Å²) in [6.07, 6.45) is 1.22. The minimum Gasteiger partial charge on any atom is -0.497 e. The lowest BCUT2D eigenvalue weighted by Crippen LogP contribution is -2.29. The highest BCUT2D eigenvalue weighted by atomic mass is 16.5. The molecule has 1 aliphatic carbocycles. The fourth-order valence-corrected chi connectivity index (χ4v) is 2.16. The van der Waals surface area contributed by atoms with Crippen LogP contribution >= 0.6 is 0 Å². The Labute approximate surface area is 108 Å². The van der Waals surface area contributed by atoms with Gasteiger partial charge in [-0.15, -0.1) is 0 Å². The number of methoxy groups -OCH3 is 1. The fraction of sp³-hybridized carbons (Fsp3) is 0.500. The van der Waals surface area contributed by atoms with E-state index in [1.807, 2.05) is 7.05 Å². The second-order valence-electron chi connectivity index (χ2n) is 5.11. The molecule has 4 heteroatoms. The van der Waals surface area contributed by atoms with E-state index in [1.54, 1.807) is 30.2 Å². The van der Waals surface area contributed by atoms with Crippen molar-refractivity contribution in [3.63, 3.8) is 0 Å². The van der Waals surface area contributed by atoms with Gasteiger partial charge in [0.2, 0.25) is 0 Å². The Balaban J connectivity index is 2.07. The fourth-order valence-electron chi connectivity index (χ4n) is 2.16. The molecule has 0 radical (unpaired) electrons. The highest BCUT2D eigenvalue weighted by Gasteiger charge is 2.34. The van der Waals surface area contributed by atoms with Crippen molar-refractivity contribution < 1.29 is 9.53 Å². The summed E-state index contributed by atoms with van der Waals surface area (Å²) in [5.41, 5.74) is 6.90. The Kier molecular flexibility index (Phi) is 3.45. The molecular weight excluding hydrogens is 228 g/mol. The van der Waals surface area contributed by atoms with Crippen LogP contribution in [0.25, 0.3) is 0 Å². The van der Waals surface area contributed by atoms with Crippen LogP contribution in [0.5, 0.6) is 5.75 Å². The van der Waals surface area contributed by atoms with Gasteiger partial charge in [0.05, 0.1) is 12.7 Å². The van der Waals surface area contributed by atoms with Crippen LogP contribution < -0.4 is 10.5 Å². The zero-order valence-corrected chi connectivity index (χ0v) is 11.1. The van der Waals surface area contributed by atoms with E-state index in [4.69, 9.17) is 10.5 Å². The quantitative estimate of drug-likeness (QED) is 0.829. The predicted octanol–water partition coefficient (Wildman–Crippen LogP) is 2.01. The number of rotatable bonds is 4. The Hall–Kier alpha value is -1.71. The molecule has 1 aromatic carbocycles. The molecule has 1 fully saturated rings. The highest BCUT2D eigenvalue weighted by Crippen LogP contribution is 2.38. The molecule has 4 nitrogen and oxygen atoms in total. The molecule has 0 aromatic heterocycles. The molecule has 2 rings (SSSR count). The summed E-state index contributed by atoms with van der Waals surface area (Å²) in [5, 5.41) is 0. The molecule has 0 aliphatic heterocycles. The molecule has 1 aliphatic rings. The summed E-state index contributed by atoms with van der Waals surface area (Å²) in [5.74, 6) is 2.05. The van der Waals surface area contributed by atoms with Crippen molar-refractivity contribution in [2.45, 2.75) is 13.3 Å². The van der Waals surface area contributed by atoms with Crippen molar-refractivity contribution in [2.24, 2.45) is 11.8 Å². The number of hydrogen-bond donors (Lipinski definition) is 1. The first kappa shape index (κ1) is 12.7. The Morgan fingerprint density at radius 1 is 1.56 bits per heavy atom. The number of amides is 1. The molecule has 0 heterocycles. The molecule has 1 amide bonds. The number of hydrogen-bond acceptors (Lipinski definition) is 3. The van der Waals surface area contributed by atoms with E-state index in [1.165, 1.54) is 6.42 Å². The van der Waals surface area contributed by atoms with Crippen LogP contribution in [-0.4, -0.2) is 31.5 Å². The average molecular weight is 248 g/mol. The van der Waals surface area contributed by atoms with E-state index in [-0.39, 0.29) is 5.91 Å². The number of nitrogen functional groups attached to an aromatic ring is 1. The maximum absolute atomic E-state index is 12.2. The molecular formula is C14H20N2O2. The van der Waals surface area contributed by atoms with Crippen LogP contribution in [0.1, 0.15) is 23.7 Å². The van der Waals surface area contributed by atoms with Crippen molar-refractivity contribution in [3.05, 3.63) is 23.8 Å². The largest absolute Gasteiger partial charge is 0.497 e. The second kappa shape index (κ2) is 4.88. The highest BCUT2D eigenvalue weighted by molar-refractivity contribution is 5.99. The van der Waals surface area contributed by atoms with Crippen LogP contribution in [0.2, 0.25) is 0 Å². The number of anilines is 1. The van der Waals surface area contributed by atoms with Gasteiger partial charge < -0.3 is 15.4 Å². The van der Waals surface area contributed by atoms with Crippen molar-refractivity contribution in [3.8, 4) is 5.75 Å². The van der Waals surface area contributed by atoms with Crippen molar-refractivity contribution in [1.82, 2.24) is 4.90 Å². The summed E-state index contributed by atoms with van der Waals surface area (Å²) >= 11 is 0. The molecule has 2 unspecified atom stereocenters. The van der Waals surface area contributed by atoms with E-state index in [0.717, 1.165) is 12.5 Å².